The van der Waals surface area contributed by atoms with E-state index in [0.29, 0.717) is 6.54 Å². The summed E-state index contributed by atoms with van der Waals surface area (Å²) in [6.07, 6.45) is 1.91. The van der Waals surface area contributed by atoms with E-state index in [1.165, 1.54) is 7.05 Å². The van der Waals surface area contributed by atoms with Crippen LogP contribution in [-0.4, -0.2) is 50.3 Å². The summed E-state index contributed by atoms with van der Waals surface area (Å²) in [5, 5.41) is 0. The lowest BCUT2D eigenvalue weighted by atomic mass is 10.1. The summed E-state index contributed by atoms with van der Waals surface area (Å²) >= 11 is 0. The molecule has 0 unspecified atom stereocenters. The molecular weight excluding hydrogens is 388 g/mol. The Morgan fingerprint density at radius 2 is 1.72 bits per heavy atom. The van der Waals surface area contributed by atoms with Crippen molar-refractivity contribution < 1.29 is 17.9 Å². The smallest absolute Gasteiger partial charge is 0.243 e. The van der Waals surface area contributed by atoms with E-state index in [4.69, 9.17) is 4.74 Å². The molecule has 156 valence electrons. The molecule has 1 aliphatic rings. The van der Waals surface area contributed by atoms with Crippen molar-refractivity contribution in [3.63, 3.8) is 0 Å². The normalized spacial score (nSPS) is 14.1. The van der Waals surface area contributed by atoms with Crippen molar-refractivity contribution in [2.24, 2.45) is 0 Å². The summed E-state index contributed by atoms with van der Waals surface area (Å²) in [5.41, 5.74) is 2.93. The van der Waals surface area contributed by atoms with Crippen LogP contribution in [-0.2, 0) is 21.4 Å². The predicted octanol–water partition coefficient (Wildman–Crippen LogP) is 3.12. The number of amides is 1. The zero-order valence-corrected chi connectivity index (χ0v) is 18.2. The number of likely N-dealkylation sites (N-methyl/N-ethyl adjacent to an activating group) is 1. The fraction of sp³-hybridized carbons (Fsp3) is 0.409. The Labute approximate surface area is 173 Å². The van der Waals surface area contributed by atoms with Crippen LogP contribution in [0, 0.1) is 13.8 Å². The van der Waals surface area contributed by atoms with Gasteiger partial charge in [0.15, 0.2) is 0 Å². The number of hydrogen-bond donors (Lipinski definition) is 0. The van der Waals surface area contributed by atoms with E-state index in [9.17, 15) is 13.2 Å². The van der Waals surface area contributed by atoms with E-state index in [2.05, 4.69) is 0 Å². The van der Waals surface area contributed by atoms with Gasteiger partial charge in [0, 0.05) is 19.6 Å². The SMILES string of the molecule is COc1ccc(CN(C(=O)CN(C)S(=O)(=O)c2ccc(C)c(C)c2)C2CC2)cc1. The van der Waals surface area contributed by atoms with Crippen LogP contribution >= 0.6 is 0 Å². The Balaban J connectivity index is 1.72. The second-order valence-electron chi connectivity index (χ2n) is 7.61. The number of carbonyl (C=O) groups excluding carboxylic acids is 1. The number of ether oxygens (including phenoxy) is 1. The largest absolute Gasteiger partial charge is 0.497 e. The van der Waals surface area contributed by atoms with Crippen LogP contribution < -0.4 is 4.74 Å². The number of aryl methyl sites for hydroxylation is 2. The van der Waals surface area contributed by atoms with Crippen molar-refractivity contribution in [1.29, 1.82) is 0 Å². The number of hydrogen-bond acceptors (Lipinski definition) is 4. The second kappa shape index (κ2) is 8.55. The van der Waals surface area contributed by atoms with E-state index >= 15 is 0 Å². The summed E-state index contributed by atoms with van der Waals surface area (Å²) < 4.78 is 32.1. The lowest BCUT2D eigenvalue weighted by molar-refractivity contribution is -0.132. The lowest BCUT2D eigenvalue weighted by Gasteiger charge is -2.25. The maximum absolute atomic E-state index is 13.0. The molecule has 0 aliphatic heterocycles. The third-order valence-corrected chi connectivity index (χ3v) is 7.16. The van der Waals surface area contributed by atoms with Crippen LogP contribution in [0.5, 0.6) is 5.75 Å². The predicted molar refractivity (Wildman–Crippen MR) is 112 cm³/mol. The van der Waals surface area contributed by atoms with Crippen molar-refractivity contribution in [2.75, 3.05) is 20.7 Å². The number of benzene rings is 2. The molecule has 0 aromatic heterocycles. The van der Waals surface area contributed by atoms with Gasteiger partial charge in [0.2, 0.25) is 15.9 Å². The average molecular weight is 417 g/mol. The molecule has 2 aromatic rings. The van der Waals surface area contributed by atoms with Gasteiger partial charge in [-0.2, -0.15) is 4.31 Å². The first kappa shape index (κ1) is 21.3. The van der Waals surface area contributed by atoms with Gasteiger partial charge in [-0.15, -0.1) is 0 Å². The topological polar surface area (TPSA) is 66.9 Å². The van der Waals surface area contributed by atoms with Crippen LogP contribution in [0.15, 0.2) is 47.4 Å². The summed E-state index contributed by atoms with van der Waals surface area (Å²) in [7, 11) is -0.654. The Morgan fingerprint density at radius 1 is 1.07 bits per heavy atom. The average Bonchev–Trinajstić information content (AvgIpc) is 3.53. The summed E-state index contributed by atoms with van der Waals surface area (Å²) in [5.74, 6) is 0.579. The molecule has 0 spiro atoms. The molecule has 2 aromatic carbocycles. The Kier molecular flexibility index (Phi) is 6.29. The second-order valence-corrected chi connectivity index (χ2v) is 9.65. The molecule has 0 bridgehead atoms. The third kappa shape index (κ3) is 4.97. The van der Waals surface area contributed by atoms with Crippen LogP contribution in [0.2, 0.25) is 0 Å². The fourth-order valence-corrected chi connectivity index (χ4v) is 4.36. The van der Waals surface area contributed by atoms with Gasteiger partial charge < -0.3 is 9.64 Å². The number of methoxy groups -OCH3 is 1. The van der Waals surface area contributed by atoms with Crippen LogP contribution in [0.3, 0.4) is 0 Å². The van der Waals surface area contributed by atoms with Crippen molar-refractivity contribution in [2.45, 2.75) is 44.2 Å². The molecule has 0 heterocycles. The van der Waals surface area contributed by atoms with Crippen LogP contribution in [0.4, 0.5) is 0 Å². The first-order valence-corrected chi connectivity index (χ1v) is 11.1. The molecule has 1 aliphatic carbocycles. The maximum Gasteiger partial charge on any atom is 0.243 e. The van der Waals surface area contributed by atoms with Gasteiger partial charge in [0.05, 0.1) is 18.6 Å². The van der Waals surface area contributed by atoms with Crippen molar-refractivity contribution >= 4 is 15.9 Å². The maximum atomic E-state index is 13.0. The van der Waals surface area contributed by atoms with Crippen molar-refractivity contribution in [3.05, 3.63) is 59.2 Å². The summed E-state index contributed by atoms with van der Waals surface area (Å²) in [6, 6.07) is 12.8. The highest BCUT2D eigenvalue weighted by atomic mass is 32.2. The highest BCUT2D eigenvalue weighted by Crippen LogP contribution is 2.29. The summed E-state index contributed by atoms with van der Waals surface area (Å²) in [4.78, 5) is 15.0. The van der Waals surface area contributed by atoms with E-state index in [1.54, 1.807) is 30.2 Å². The number of sulfonamides is 1. The fourth-order valence-electron chi connectivity index (χ4n) is 3.16. The van der Waals surface area contributed by atoms with E-state index in [1.807, 2.05) is 38.1 Å². The van der Waals surface area contributed by atoms with Gasteiger partial charge in [-0.25, -0.2) is 8.42 Å². The van der Waals surface area contributed by atoms with Gasteiger partial charge in [-0.1, -0.05) is 18.2 Å². The van der Waals surface area contributed by atoms with Gasteiger partial charge in [0.1, 0.15) is 5.75 Å². The number of carbonyl (C=O) groups is 1. The highest BCUT2D eigenvalue weighted by Gasteiger charge is 2.34. The van der Waals surface area contributed by atoms with Crippen LogP contribution in [0.1, 0.15) is 29.5 Å². The molecule has 3 rings (SSSR count). The summed E-state index contributed by atoms with van der Waals surface area (Å²) in [6.45, 7) is 4.10. The van der Waals surface area contributed by atoms with Crippen molar-refractivity contribution in [3.8, 4) is 5.75 Å². The van der Waals surface area contributed by atoms with Gasteiger partial charge in [0.25, 0.3) is 0 Å². The van der Waals surface area contributed by atoms with Gasteiger partial charge in [-0.05, 0) is 67.6 Å². The molecule has 0 radical (unpaired) electrons. The Bertz CT molecular complexity index is 982. The standard InChI is InChI=1S/C22H28N2O4S/c1-16-5-12-21(13-17(16)2)29(26,27)23(3)15-22(25)24(19-8-9-19)14-18-6-10-20(28-4)11-7-18/h5-7,10-13,19H,8-9,14-15H2,1-4H3. The van der Waals surface area contributed by atoms with E-state index in [0.717, 1.165) is 39.6 Å². The molecular formula is C22H28N2O4S. The molecule has 1 amide bonds. The molecule has 7 heteroatoms. The number of rotatable bonds is 8. The molecule has 6 nitrogen and oxygen atoms in total. The zero-order valence-electron chi connectivity index (χ0n) is 17.4. The van der Waals surface area contributed by atoms with Crippen molar-refractivity contribution in [1.82, 2.24) is 9.21 Å². The van der Waals surface area contributed by atoms with E-state index < -0.39 is 10.0 Å². The van der Waals surface area contributed by atoms with Gasteiger partial charge in [-0.3, -0.25) is 4.79 Å². The minimum Gasteiger partial charge on any atom is -0.497 e. The van der Waals surface area contributed by atoms with E-state index in [-0.39, 0.29) is 23.4 Å². The zero-order chi connectivity index (χ0) is 21.2. The lowest BCUT2D eigenvalue weighted by Crippen LogP contribution is -2.41. The molecule has 0 saturated heterocycles. The first-order valence-electron chi connectivity index (χ1n) is 9.68. The Morgan fingerprint density at radius 3 is 2.28 bits per heavy atom. The molecule has 0 N–H and O–H groups in total. The quantitative estimate of drug-likeness (QED) is 0.663. The van der Waals surface area contributed by atoms with Crippen LogP contribution in [0.25, 0.3) is 0 Å². The number of nitrogens with zero attached hydrogens (tertiary/aromatic N) is 2. The first-order chi connectivity index (χ1) is 13.7. The minimum atomic E-state index is -3.72. The molecule has 1 fully saturated rings. The monoisotopic (exact) mass is 416 g/mol. The Hall–Kier alpha value is -2.38. The molecule has 1 saturated carbocycles. The van der Waals surface area contributed by atoms with Gasteiger partial charge >= 0.3 is 0 Å². The highest BCUT2D eigenvalue weighted by molar-refractivity contribution is 7.89. The minimum absolute atomic E-state index is 0.179. The molecule has 0 atom stereocenters. The molecule has 29 heavy (non-hydrogen) atoms. The third-order valence-electron chi connectivity index (χ3n) is 5.36.